The van der Waals surface area contributed by atoms with Crippen LogP contribution >= 0.6 is 0 Å². The average Bonchev–Trinajstić information content (AvgIpc) is 3.09. The van der Waals surface area contributed by atoms with Gasteiger partial charge in [-0.2, -0.15) is 13.2 Å². The van der Waals surface area contributed by atoms with Crippen molar-refractivity contribution in [2.24, 2.45) is 4.99 Å². The number of aliphatic imine (C=N–C) groups is 1. The third kappa shape index (κ3) is 4.62. The van der Waals surface area contributed by atoms with E-state index in [0.717, 1.165) is 30.8 Å². The van der Waals surface area contributed by atoms with Crippen LogP contribution in [-0.4, -0.2) is 35.7 Å². The molecule has 0 spiro atoms. The van der Waals surface area contributed by atoms with Gasteiger partial charge in [-0.3, -0.25) is 0 Å². The van der Waals surface area contributed by atoms with E-state index in [1.54, 1.807) is 7.05 Å². The summed E-state index contributed by atoms with van der Waals surface area (Å²) in [5, 5.41) is 6.04. The van der Waals surface area contributed by atoms with Crippen molar-refractivity contribution < 1.29 is 17.9 Å². The molecule has 1 saturated heterocycles. The van der Waals surface area contributed by atoms with Crippen LogP contribution in [0.15, 0.2) is 41.7 Å². The zero-order valence-electron chi connectivity index (χ0n) is 14.0. The highest BCUT2D eigenvalue weighted by molar-refractivity contribution is 5.75. The molecule has 1 atom stereocenters. The Hall–Kier alpha value is -2.84. The molecule has 138 valence electrons. The molecule has 0 bridgehead atoms. The van der Waals surface area contributed by atoms with Crippen LogP contribution in [0, 0.1) is 0 Å². The van der Waals surface area contributed by atoms with Crippen molar-refractivity contribution in [3.8, 4) is 0 Å². The largest absolute Gasteiger partial charge is 0.463 e. The van der Waals surface area contributed by atoms with E-state index in [1.165, 1.54) is 0 Å². The lowest BCUT2D eigenvalue weighted by atomic mass is 10.1. The number of ether oxygens (including phenoxy) is 1. The molecule has 0 amide bonds. The summed E-state index contributed by atoms with van der Waals surface area (Å²) < 4.78 is 43.4. The molecule has 0 radical (unpaired) electrons. The van der Waals surface area contributed by atoms with Gasteiger partial charge in [-0.15, -0.1) is 0 Å². The lowest BCUT2D eigenvalue weighted by molar-refractivity contribution is -0.141. The number of aryl methyl sites for hydroxylation is 1. The molecular weight excluding hydrogens is 347 g/mol. The van der Waals surface area contributed by atoms with E-state index in [4.69, 9.17) is 4.74 Å². The molecule has 1 aliphatic heterocycles. The normalized spacial score (nSPS) is 18.5. The van der Waals surface area contributed by atoms with Crippen molar-refractivity contribution in [2.45, 2.75) is 25.1 Å². The minimum atomic E-state index is -4.50. The average molecular weight is 365 g/mol. The van der Waals surface area contributed by atoms with Gasteiger partial charge in [0.25, 0.3) is 6.02 Å². The second kappa shape index (κ2) is 7.59. The number of anilines is 2. The Labute approximate surface area is 148 Å². The van der Waals surface area contributed by atoms with Gasteiger partial charge in [-0.1, -0.05) is 12.1 Å². The molecule has 9 heteroatoms. The molecule has 1 aliphatic rings. The monoisotopic (exact) mass is 365 g/mol. The molecule has 1 aromatic heterocycles. The number of aromatic nitrogens is 2. The first-order chi connectivity index (χ1) is 12.4. The smallest absolute Gasteiger partial charge is 0.433 e. The molecule has 2 aromatic rings. The minimum Gasteiger partial charge on any atom is -0.463 e. The lowest BCUT2D eigenvalue weighted by Gasteiger charge is -2.10. The van der Waals surface area contributed by atoms with Crippen LogP contribution in [0.4, 0.5) is 24.7 Å². The molecule has 2 heterocycles. The highest BCUT2D eigenvalue weighted by Gasteiger charge is 2.32. The van der Waals surface area contributed by atoms with Crippen molar-refractivity contribution in [1.29, 1.82) is 0 Å². The van der Waals surface area contributed by atoms with E-state index < -0.39 is 11.9 Å². The standard InChI is InChI=1S/C17H18F3N5O/c1-21-16-25-13(9-26-16)7-4-11-2-5-12(6-3-11)24-15-8-14(17(18,19)20)22-10-23-15/h2-3,5-6,8,10,13H,4,7,9H2,1H3,(H,21,25)(H,22,23,24). The van der Waals surface area contributed by atoms with E-state index >= 15 is 0 Å². The number of alkyl halides is 3. The summed E-state index contributed by atoms with van der Waals surface area (Å²) in [5.74, 6) is 0.0961. The van der Waals surface area contributed by atoms with Crippen molar-refractivity contribution in [3.05, 3.63) is 47.9 Å². The van der Waals surface area contributed by atoms with Gasteiger partial charge in [0.2, 0.25) is 0 Å². The number of nitrogens with zero attached hydrogens (tertiary/aromatic N) is 3. The number of nitrogens with one attached hydrogen (secondary N) is 2. The molecule has 0 saturated carbocycles. The first kappa shape index (κ1) is 18.0. The van der Waals surface area contributed by atoms with E-state index in [9.17, 15) is 13.2 Å². The third-order valence-electron chi connectivity index (χ3n) is 3.92. The van der Waals surface area contributed by atoms with Gasteiger partial charge in [-0.05, 0) is 30.5 Å². The predicted octanol–water partition coefficient (Wildman–Crippen LogP) is 3.15. The second-order valence-corrected chi connectivity index (χ2v) is 5.83. The zero-order valence-corrected chi connectivity index (χ0v) is 14.0. The van der Waals surface area contributed by atoms with Gasteiger partial charge < -0.3 is 15.4 Å². The fourth-order valence-corrected chi connectivity index (χ4v) is 2.55. The van der Waals surface area contributed by atoms with Gasteiger partial charge in [0.15, 0.2) is 0 Å². The SMILES string of the molecule is CN=C1NC(CCc2ccc(Nc3cc(C(F)(F)F)ncn3)cc2)CO1. The minimum absolute atomic E-state index is 0.0961. The van der Waals surface area contributed by atoms with E-state index in [0.29, 0.717) is 18.3 Å². The Kier molecular flexibility index (Phi) is 5.24. The predicted molar refractivity (Wildman–Crippen MR) is 91.3 cm³/mol. The van der Waals surface area contributed by atoms with E-state index in [1.807, 2.05) is 24.3 Å². The second-order valence-electron chi connectivity index (χ2n) is 5.83. The van der Waals surface area contributed by atoms with Crippen molar-refractivity contribution >= 4 is 17.5 Å². The van der Waals surface area contributed by atoms with E-state index in [2.05, 4.69) is 25.6 Å². The summed E-state index contributed by atoms with van der Waals surface area (Å²) in [6, 6.07) is 9.15. The number of rotatable bonds is 5. The fourth-order valence-electron chi connectivity index (χ4n) is 2.55. The molecule has 2 N–H and O–H groups in total. The van der Waals surface area contributed by atoms with Crippen LogP contribution in [0.25, 0.3) is 0 Å². The van der Waals surface area contributed by atoms with Crippen molar-refractivity contribution in [2.75, 3.05) is 19.0 Å². The number of hydrogen-bond acceptors (Lipinski definition) is 5. The topological polar surface area (TPSA) is 71.4 Å². The number of benzene rings is 1. The molecule has 1 aromatic carbocycles. The molecule has 26 heavy (non-hydrogen) atoms. The zero-order chi connectivity index (χ0) is 18.6. The number of amidine groups is 1. The van der Waals surface area contributed by atoms with Gasteiger partial charge in [0, 0.05) is 18.8 Å². The van der Waals surface area contributed by atoms with Crippen molar-refractivity contribution in [3.63, 3.8) is 0 Å². The molecular formula is C17H18F3N5O. The Balaban J connectivity index is 1.56. The molecule has 1 unspecified atom stereocenters. The third-order valence-corrected chi connectivity index (χ3v) is 3.92. The summed E-state index contributed by atoms with van der Waals surface area (Å²) >= 11 is 0. The Bertz CT molecular complexity index is 777. The van der Waals surface area contributed by atoms with Crippen molar-refractivity contribution in [1.82, 2.24) is 15.3 Å². The summed E-state index contributed by atoms with van der Waals surface area (Å²) in [4.78, 5) is 11.0. The van der Waals surface area contributed by atoms with Gasteiger partial charge in [0.05, 0.1) is 6.04 Å². The maximum absolute atomic E-state index is 12.7. The summed E-state index contributed by atoms with van der Waals surface area (Å²) in [6.07, 6.45) is -1.86. The number of halogens is 3. The Morgan fingerprint density at radius 1 is 1.27 bits per heavy atom. The first-order valence-corrected chi connectivity index (χ1v) is 8.05. The summed E-state index contributed by atoms with van der Waals surface area (Å²) in [6.45, 7) is 0.599. The highest BCUT2D eigenvalue weighted by Crippen LogP contribution is 2.28. The molecule has 3 rings (SSSR count). The number of hydrogen-bond donors (Lipinski definition) is 2. The maximum atomic E-state index is 12.7. The Morgan fingerprint density at radius 2 is 2.04 bits per heavy atom. The summed E-state index contributed by atoms with van der Waals surface area (Å²) in [7, 11) is 1.67. The van der Waals surface area contributed by atoms with Crippen LogP contribution in [0.1, 0.15) is 17.7 Å². The van der Waals surface area contributed by atoms with Gasteiger partial charge in [0.1, 0.15) is 24.4 Å². The van der Waals surface area contributed by atoms with Gasteiger partial charge in [-0.25, -0.2) is 15.0 Å². The van der Waals surface area contributed by atoms with Crippen LogP contribution in [0.5, 0.6) is 0 Å². The van der Waals surface area contributed by atoms with E-state index in [-0.39, 0.29) is 11.9 Å². The molecule has 6 nitrogen and oxygen atoms in total. The fraction of sp³-hybridized carbons (Fsp3) is 0.353. The maximum Gasteiger partial charge on any atom is 0.433 e. The lowest BCUT2D eigenvalue weighted by Crippen LogP contribution is -2.27. The Morgan fingerprint density at radius 3 is 2.69 bits per heavy atom. The van der Waals surface area contributed by atoms with Crippen LogP contribution < -0.4 is 10.6 Å². The van der Waals surface area contributed by atoms with Gasteiger partial charge >= 0.3 is 6.18 Å². The molecule has 0 aliphatic carbocycles. The van der Waals surface area contributed by atoms with Crippen LogP contribution in [-0.2, 0) is 17.3 Å². The highest BCUT2D eigenvalue weighted by atomic mass is 19.4. The molecule has 1 fully saturated rings. The van der Waals surface area contributed by atoms with Crippen LogP contribution in [0.2, 0.25) is 0 Å². The first-order valence-electron chi connectivity index (χ1n) is 8.05. The van der Waals surface area contributed by atoms with Crippen LogP contribution in [0.3, 0.4) is 0 Å². The summed E-state index contributed by atoms with van der Waals surface area (Å²) in [5.41, 5.74) is 0.800. The quantitative estimate of drug-likeness (QED) is 0.852.